The molecule has 1 aliphatic carbocycles. The maximum absolute atomic E-state index is 5.04. The summed E-state index contributed by atoms with van der Waals surface area (Å²) in [5.41, 5.74) is 4.50. The average Bonchev–Trinajstić information content (AvgIpc) is 2.97. The van der Waals surface area contributed by atoms with Gasteiger partial charge >= 0.3 is 0 Å². The fraction of sp³-hybridized carbons (Fsp3) is 0.556. The van der Waals surface area contributed by atoms with Crippen molar-refractivity contribution in [3.63, 3.8) is 0 Å². The number of terminal acetylenes is 1. The fourth-order valence-electron chi connectivity index (χ4n) is 2.26. The molecule has 0 aromatic heterocycles. The van der Waals surface area contributed by atoms with E-state index in [1.165, 1.54) is 32.7 Å². The molecule has 0 spiro atoms. The molecule has 2 N–H and O–H groups in total. The lowest BCUT2D eigenvalue weighted by Gasteiger charge is -2.06. The Morgan fingerprint density at radius 3 is 1.75 bits per heavy atom. The number of nitrogens with two attached hydrogens (primary N) is 1. The highest BCUT2D eigenvalue weighted by Gasteiger charge is 2.20. The van der Waals surface area contributed by atoms with Gasteiger partial charge in [-0.15, -0.1) is 12.8 Å². The lowest BCUT2D eigenvalue weighted by Crippen LogP contribution is -1.99. The van der Waals surface area contributed by atoms with Gasteiger partial charge in [0.2, 0.25) is 0 Å². The molecular weight excluding hydrogens is 246 g/mol. The number of methoxy groups -OCH3 is 1. The maximum atomic E-state index is 5.04. The highest BCUT2D eigenvalue weighted by atomic mass is 16.5. The number of hydrogen-bond acceptors (Lipinski definition) is 2. The van der Waals surface area contributed by atoms with E-state index in [4.69, 9.17) is 4.74 Å². The Morgan fingerprint density at radius 1 is 1.00 bits per heavy atom. The minimum Gasteiger partial charge on any atom is -0.385 e. The van der Waals surface area contributed by atoms with E-state index in [2.05, 4.69) is 25.5 Å². The lowest BCUT2D eigenvalue weighted by atomic mass is 10.0. The predicted octanol–water partition coefficient (Wildman–Crippen LogP) is 3.97. The molecule has 0 heterocycles. The normalized spacial score (nSPS) is 19.3. The summed E-state index contributed by atoms with van der Waals surface area (Å²) in [6.07, 6.45) is 13.6. The van der Waals surface area contributed by atoms with Crippen LogP contribution in [0, 0.1) is 24.7 Å². The first-order chi connectivity index (χ1) is 9.83. The topological polar surface area (TPSA) is 35.2 Å². The summed E-state index contributed by atoms with van der Waals surface area (Å²) in [7, 11) is 3.29. The Bertz CT molecular complexity index is 257. The quantitative estimate of drug-likeness (QED) is 0.848. The monoisotopic (exact) mass is 277 g/mol. The standard InChI is InChI=1S/C9H18O.C6H6.C2H2.CH5N/c1-8-3-4-9(7-8)5-6-10-2;1-2-4-6-5-3-1;2*1-2/h8-9H,3-7H2,1-2H3;1-6H;1-2H;2H2,1H3/t8-,9?;;;/m0.../s1. The molecule has 1 aromatic rings. The van der Waals surface area contributed by atoms with Crippen LogP contribution < -0.4 is 5.73 Å². The Hall–Kier alpha value is -1.30. The summed E-state index contributed by atoms with van der Waals surface area (Å²) in [6.45, 7) is 3.31. The van der Waals surface area contributed by atoms with E-state index in [9.17, 15) is 0 Å². The second-order valence-electron chi connectivity index (χ2n) is 4.72. The van der Waals surface area contributed by atoms with Crippen LogP contribution in [0.25, 0.3) is 0 Å². The van der Waals surface area contributed by atoms with Gasteiger partial charge in [0.1, 0.15) is 0 Å². The third-order valence-electron chi connectivity index (χ3n) is 3.20. The van der Waals surface area contributed by atoms with Crippen LogP contribution in [0.15, 0.2) is 36.4 Å². The van der Waals surface area contributed by atoms with Gasteiger partial charge in [-0.05, 0) is 31.7 Å². The van der Waals surface area contributed by atoms with Crippen molar-refractivity contribution >= 4 is 0 Å². The van der Waals surface area contributed by atoms with Crippen molar-refractivity contribution in [2.75, 3.05) is 20.8 Å². The highest BCUT2D eigenvalue weighted by molar-refractivity contribution is 4.99. The molecule has 1 aromatic carbocycles. The van der Waals surface area contributed by atoms with Crippen LogP contribution >= 0.6 is 0 Å². The van der Waals surface area contributed by atoms with E-state index in [0.29, 0.717) is 0 Å². The van der Waals surface area contributed by atoms with Crippen molar-refractivity contribution in [3.8, 4) is 12.8 Å². The average molecular weight is 277 g/mol. The van der Waals surface area contributed by atoms with Gasteiger partial charge in [-0.25, -0.2) is 0 Å². The van der Waals surface area contributed by atoms with Gasteiger partial charge in [0, 0.05) is 13.7 Å². The summed E-state index contributed by atoms with van der Waals surface area (Å²) in [6, 6.07) is 12.0. The van der Waals surface area contributed by atoms with Crippen LogP contribution in [0.3, 0.4) is 0 Å². The second kappa shape index (κ2) is 17.7. The minimum absolute atomic E-state index is 0.956. The van der Waals surface area contributed by atoms with E-state index in [1.807, 2.05) is 36.4 Å². The molecule has 1 fully saturated rings. The van der Waals surface area contributed by atoms with E-state index in [-0.39, 0.29) is 0 Å². The maximum Gasteiger partial charge on any atom is 0.0464 e. The minimum atomic E-state index is 0.956. The molecule has 2 nitrogen and oxygen atoms in total. The van der Waals surface area contributed by atoms with E-state index < -0.39 is 0 Å². The first kappa shape index (κ1) is 21.0. The first-order valence-electron chi connectivity index (χ1n) is 7.23. The molecule has 0 amide bonds. The lowest BCUT2D eigenvalue weighted by molar-refractivity contribution is 0.177. The van der Waals surface area contributed by atoms with Gasteiger partial charge in [-0.3, -0.25) is 0 Å². The van der Waals surface area contributed by atoms with Gasteiger partial charge in [0.05, 0.1) is 0 Å². The molecule has 1 saturated carbocycles. The van der Waals surface area contributed by atoms with Crippen molar-refractivity contribution in [3.05, 3.63) is 36.4 Å². The zero-order valence-corrected chi connectivity index (χ0v) is 13.3. The summed E-state index contributed by atoms with van der Waals surface area (Å²) in [4.78, 5) is 0. The molecule has 2 heteroatoms. The van der Waals surface area contributed by atoms with Gasteiger partial charge in [0.15, 0.2) is 0 Å². The third-order valence-corrected chi connectivity index (χ3v) is 3.20. The summed E-state index contributed by atoms with van der Waals surface area (Å²) in [5.74, 6) is 1.94. The molecule has 0 saturated heterocycles. The zero-order valence-electron chi connectivity index (χ0n) is 13.3. The van der Waals surface area contributed by atoms with Crippen LogP contribution in [-0.2, 0) is 4.74 Å². The second-order valence-corrected chi connectivity index (χ2v) is 4.72. The van der Waals surface area contributed by atoms with Crippen LogP contribution in [0.4, 0.5) is 0 Å². The van der Waals surface area contributed by atoms with Gasteiger partial charge < -0.3 is 10.5 Å². The summed E-state index contributed by atoms with van der Waals surface area (Å²) < 4.78 is 5.04. The Labute approximate surface area is 125 Å². The van der Waals surface area contributed by atoms with Gasteiger partial charge in [0.25, 0.3) is 0 Å². The van der Waals surface area contributed by atoms with Crippen LogP contribution in [-0.4, -0.2) is 20.8 Å². The molecule has 2 atom stereocenters. The Balaban J connectivity index is 0. The molecule has 2 rings (SSSR count). The van der Waals surface area contributed by atoms with Crippen molar-refractivity contribution in [2.45, 2.75) is 32.6 Å². The molecule has 1 aliphatic rings. The van der Waals surface area contributed by atoms with Crippen LogP contribution in [0.5, 0.6) is 0 Å². The molecule has 0 bridgehead atoms. The Morgan fingerprint density at radius 2 is 1.45 bits per heavy atom. The molecule has 0 radical (unpaired) electrons. The van der Waals surface area contributed by atoms with Gasteiger partial charge in [-0.2, -0.15) is 0 Å². The SMILES string of the molecule is C#C.CN.COCCC1CC[C@H](C)C1.c1ccccc1. The molecule has 0 aliphatic heterocycles. The van der Waals surface area contributed by atoms with Gasteiger partial charge in [-0.1, -0.05) is 56.2 Å². The number of ether oxygens (including phenoxy) is 1. The van der Waals surface area contributed by atoms with Crippen LogP contribution in [0.2, 0.25) is 0 Å². The summed E-state index contributed by atoms with van der Waals surface area (Å²) >= 11 is 0. The summed E-state index contributed by atoms with van der Waals surface area (Å²) in [5, 5.41) is 0. The number of rotatable bonds is 3. The van der Waals surface area contributed by atoms with Crippen molar-refractivity contribution in [1.29, 1.82) is 0 Å². The van der Waals surface area contributed by atoms with Crippen molar-refractivity contribution < 1.29 is 4.74 Å². The molecule has 114 valence electrons. The zero-order chi connectivity index (χ0) is 15.6. The third kappa shape index (κ3) is 13.1. The fourth-order valence-corrected chi connectivity index (χ4v) is 2.26. The first-order valence-corrected chi connectivity index (χ1v) is 7.23. The largest absolute Gasteiger partial charge is 0.385 e. The Kier molecular flexibility index (Phi) is 18.6. The van der Waals surface area contributed by atoms with Crippen LogP contribution in [0.1, 0.15) is 32.6 Å². The van der Waals surface area contributed by atoms with Crippen molar-refractivity contribution in [1.82, 2.24) is 0 Å². The van der Waals surface area contributed by atoms with E-state index >= 15 is 0 Å². The number of hydrogen-bond donors (Lipinski definition) is 1. The molecule has 1 unspecified atom stereocenters. The van der Waals surface area contributed by atoms with E-state index in [1.54, 1.807) is 7.11 Å². The number of benzene rings is 1. The smallest absolute Gasteiger partial charge is 0.0464 e. The predicted molar refractivity (Wildman–Crippen MR) is 89.4 cm³/mol. The van der Waals surface area contributed by atoms with E-state index in [0.717, 1.165) is 18.4 Å². The molecule has 20 heavy (non-hydrogen) atoms. The highest BCUT2D eigenvalue weighted by Crippen LogP contribution is 2.32. The van der Waals surface area contributed by atoms with Crippen molar-refractivity contribution in [2.24, 2.45) is 17.6 Å². The molecular formula is C18H31NO.